The van der Waals surface area contributed by atoms with Crippen LogP contribution in [0.1, 0.15) is 24.8 Å². The molecule has 1 heterocycles. The van der Waals surface area contributed by atoms with E-state index < -0.39 is 0 Å². The first-order valence-electron chi connectivity index (χ1n) is 7.79. The van der Waals surface area contributed by atoms with E-state index >= 15 is 0 Å². The monoisotopic (exact) mass is 326 g/mol. The number of nitrogens with zero attached hydrogens (tertiary/aromatic N) is 1. The Hall–Kier alpha value is -1.26. The van der Waals surface area contributed by atoms with Gasteiger partial charge in [-0.05, 0) is 49.9 Å². The number of aryl methyl sites for hydroxylation is 1. The van der Waals surface area contributed by atoms with Gasteiger partial charge in [0.15, 0.2) is 0 Å². The number of methoxy groups -OCH3 is 1. The van der Waals surface area contributed by atoms with Crippen LogP contribution in [-0.2, 0) is 11.2 Å². The minimum atomic E-state index is 0. The van der Waals surface area contributed by atoms with E-state index in [9.17, 15) is 4.79 Å². The lowest BCUT2D eigenvalue weighted by Crippen LogP contribution is -2.41. The minimum Gasteiger partial charge on any atom is -0.497 e. The number of halogens is 1. The van der Waals surface area contributed by atoms with Gasteiger partial charge in [0.1, 0.15) is 5.75 Å². The Kier molecular flexibility index (Phi) is 8.28. The Labute approximate surface area is 139 Å². The molecule has 1 aromatic carbocycles. The Bertz CT molecular complexity index is 444. The largest absolute Gasteiger partial charge is 0.497 e. The van der Waals surface area contributed by atoms with Gasteiger partial charge < -0.3 is 15.0 Å². The van der Waals surface area contributed by atoms with Gasteiger partial charge in [-0.15, -0.1) is 12.4 Å². The van der Waals surface area contributed by atoms with Crippen LogP contribution in [0.4, 0.5) is 0 Å². The number of hydrogen-bond acceptors (Lipinski definition) is 3. The predicted molar refractivity (Wildman–Crippen MR) is 91.8 cm³/mol. The standard InChI is InChI=1S/C17H26N2O2.ClH/c1-19(17(20)15-6-3-11-18-13-15)12-4-5-14-7-9-16(21-2)10-8-14;/h7-10,15,18H,3-6,11-13H2,1-2H3;1H. The van der Waals surface area contributed by atoms with E-state index in [0.29, 0.717) is 0 Å². The zero-order chi connectivity index (χ0) is 15.1. The molecule has 0 bridgehead atoms. The van der Waals surface area contributed by atoms with Crippen LogP contribution in [-0.4, -0.2) is 44.6 Å². The molecule has 1 amide bonds. The molecular formula is C17H27ClN2O2. The Morgan fingerprint density at radius 2 is 2.09 bits per heavy atom. The third kappa shape index (κ3) is 5.50. The van der Waals surface area contributed by atoms with Crippen LogP contribution >= 0.6 is 12.4 Å². The van der Waals surface area contributed by atoms with Gasteiger partial charge in [-0.2, -0.15) is 0 Å². The van der Waals surface area contributed by atoms with E-state index in [1.807, 2.05) is 24.1 Å². The lowest BCUT2D eigenvalue weighted by molar-refractivity contribution is -0.134. The molecule has 1 atom stereocenters. The SMILES string of the molecule is COc1ccc(CCCN(C)C(=O)C2CCCNC2)cc1.Cl. The fourth-order valence-electron chi connectivity index (χ4n) is 2.80. The molecule has 0 aromatic heterocycles. The van der Waals surface area contributed by atoms with Crippen LogP contribution in [0.2, 0.25) is 0 Å². The van der Waals surface area contributed by atoms with Crippen molar-refractivity contribution in [3.05, 3.63) is 29.8 Å². The van der Waals surface area contributed by atoms with Gasteiger partial charge in [0.05, 0.1) is 13.0 Å². The molecule has 1 unspecified atom stereocenters. The molecule has 1 saturated heterocycles. The van der Waals surface area contributed by atoms with Gasteiger partial charge in [-0.25, -0.2) is 0 Å². The number of ether oxygens (including phenoxy) is 1. The Morgan fingerprint density at radius 3 is 2.68 bits per heavy atom. The van der Waals surface area contributed by atoms with Crippen LogP contribution in [0, 0.1) is 5.92 Å². The van der Waals surface area contributed by atoms with Gasteiger partial charge in [0, 0.05) is 20.1 Å². The summed E-state index contributed by atoms with van der Waals surface area (Å²) in [4.78, 5) is 14.2. The van der Waals surface area contributed by atoms with Gasteiger partial charge in [0.2, 0.25) is 5.91 Å². The molecule has 5 heteroatoms. The second-order valence-electron chi connectivity index (χ2n) is 5.75. The zero-order valence-electron chi connectivity index (χ0n) is 13.5. The fourth-order valence-corrected chi connectivity index (χ4v) is 2.80. The minimum absolute atomic E-state index is 0. The number of hydrogen-bond donors (Lipinski definition) is 1. The lowest BCUT2D eigenvalue weighted by Gasteiger charge is -2.27. The van der Waals surface area contributed by atoms with Crippen molar-refractivity contribution >= 4 is 18.3 Å². The summed E-state index contributed by atoms with van der Waals surface area (Å²) in [5.74, 6) is 1.34. The Morgan fingerprint density at radius 1 is 1.36 bits per heavy atom. The summed E-state index contributed by atoms with van der Waals surface area (Å²) in [5.41, 5.74) is 1.29. The molecule has 124 valence electrons. The van der Waals surface area contributed by atoms with Crippen molar-refractivity contribution in [2.75, 3.05) is 33.8 Å². The van der Waals surface area contributed by atoms with Crippen molar-refractivity contribution in [1.82, 2.24) is 10.2 Å². The maximum Gasteiger partial charge on any atom is 0.226 e. The van der Waals surface area contributed by atoms with Gasteiger partial charge in [-0.3, -0.25) is 4.79 Å². The van der Waals surface area contributed by atoms with Crippen LogP contribution < -0.4 is 10.1 Å². The molecule has 0 spiro atoms. The first-order chi connectivity index (χ1) is 10.2. The van der Waals surface area contributed by atoms with Crippen LogP contribution in [0.25, 0.3) is 0 Å². The highest BCUT2D eigenvalue weighted by atomic mass is 35.5. The second-order valence-corrected chi connectivity index (χ2v) is 5.75. The van der Waals surface area contributed by atoms with Crippen LogP contribution in [0.15, 0.2) is 24.3 Å². The molecule has 22 heavy (non-hydrogen) atoms. The fraction of sp³-hybridized carbons (Fsp3) is 0.588. The first kappa shape index (κ1) is 18.8. The molecule has 1 aliphatic rings. The van der Waals surface area contributed by atoms with Crippen molar-refractivity contribution in [1.29, 1.82) is 0 Å². The van der Waals surface area contributed by atoms with Gasteiger partial charge in [0.25, 0.3) is 0 Å². The highest BCUT2D eigenvalue weighted by Crippen LogP contribution is 2.15. The van der Waals surface area contributed by atoms with Crippen LogP contribution in [0.3, 0.4) is 0 Å². The summed E-state index contributed by atoms with van der Waals surface area (Å²) in [6, 6.07) is 8.15. The molecule has 1 aromatic rings. The van der Waals surface area contributed by atoms with Crippen molar-refractivity contribution in [2.24, 2.45) is 5.92 Å². The lowest BCUT2D eigenvalue weighted by atomic mass is 9.98. The van der Waals surface area contributed by atoms with E-state index in [1.54, 1.807) is 7.11 Å². The normalized spacial score (nSPS) is 17.5. The van der Waals surface area contributed by atoms with Crippen LogP contribution in [0.5, 0.6) is 5.75 Å². The summed E-state index contributed by atoms with van der Waals surface area (Å²) in [6.45, 7) is 2.70. The van der Waals surface area contributed by atoms with Crippen molar-refractivity contribution in [3.63, 3.8) is 0 Å². The summed E-state index contributed by atoms with van der Waals surface area (Å²) >= 11 is 0. The molecule has 1 aliphatic heterocycles. The number of carbonyl (C=O) groups is 1. The predicted octanol–water partition coefficient (Wildman–Crippen LogP) is 2.51. The first-order valence-corrected chi connectivity index (χ1v) is 7.79. The maximum atomic E-state index is 12.3. The average Bonchev–Trinajstić information content (AvgIpc) is 2.55. The van der Waals surface area contributed by atoms with E-state index in [2.05, 4.69) is 17.4 Å². The molecule has 0 aliphatic carbocycles. The van der Waals surface area contributed by atoms with E-state index in [0.717, 1.165) is 51.1 Å². The quantitative estimate of drug-likeness (QED) is 0.873. The molecular weight excluding hydrogens is 300 g/mol. The number of piperidine rings is 1. The highest BCUT2D eigenvalue weighted by molar-refractivity contribution is 5.85. The number of nitrogens with one attached hydrogen (secondary N) is 1. The summed E-state index contributed by atoms with van der Waals surface area (Å²) < 4.78 is 5.15. The average molecular weight is 327 g/mol. The summed E-state index contributed by atoms with van der Waals surface area (Å²) in [7, 11) is 3.60. The number of carbonyl (C=O) groups excluding carboxylic acids is 1. The van der Waals surface area contributed by atoms with E-state index in [1.165, 1.54) is 5.56 Å². The number of rotatable bonds is 6. The Balaban J connectivity index is 0.00000242. The highest BCUT2D eigenvalue weighted by Gasteiger charge is 2.23. The topological polar surface area (TPSA) is 41.6 Å². The van der Waals surface area contributed by atoms with Crippen molar-refractivity contribution < 1.29 is 9.53 Å². The molecule has 1 fully saturated rings. The third-order valence-corrected chi connectivity index (χ3v) is 4.14. The molecule has 4 nitrogen and oxygen atoms in total. The van der Waals surface area contributed by atoms with Gasteiger partial charge >= 0.3 is 0 Å². The summed E-state index contributed by atoms with van der Waals surface area (Å²) in [6.07, 6.45) is 4.12. The van der Waals surface area contributed by atoms with Crippen molar-refractivity contribution in [2.45, 2.75) is 25.7 Å². The zero-order valence-corrected chi connectivity index (χ0v) is 14.3. The maximum absolute atomic E-state index is 12.3. The number of amides is 1. The second kappa shape index (κ2) is 9.70. The molecule has 1 N–H and O–H groups in total. The summed E-state index contributed by atoms with van der Waals surface area (Å²) in [5, 5.41) is 3.30. The van der Waals surface area contributed by atoms with Crippen molar-refractivity contribution in [3.8, 4) is 5.75 Å². The van der Waals surface area contributed by atoms with Gasteiger partial charge in [-0.1, -0.05) is 12.1 Å². The molecule has 0 saturated carbocycles. The smallest absolute Gasteiger partial charge is 0.226 e. The molecule has 0 radical (unpaired) electrons. The van der Waals surface area contributed by atoms with E-state index in [-0.39, 0.29) is 24.2 Å². The number of benzene rings is 1. The van der Waals surface area contributed by atoms with E-state index in [4.69, 9.17) is 4.74 Å². The third-order valence-electron chi connectivity index (χ3n) is 4.14. The molecule has 2 rings (SSSR count).